The van der Waals surface area contributed by atoms with Crippen molar-refractivity contribution in [1.82, 2.24) is 5.32 Å². The van der Waals surface area contributed by atoms with Crippen molar-refractivity contribution in [2.45, 2.75) is 25.3 Å². The first-order chi connectivity index (χ1) is 9.17. The zero-order valence-electron chi connectivity index (χ0n) is 12.1. The molecule has 3 nitrogen and oxygen atoms in total. The molecule has 0 saturated carbocycles. The monoisotopic (exact) mass is 283 g/mol. The average molecular weight is 283 g/mol. The maximum atomic E-state index is 9.02. The second-order valence-corrected chi connectivity index (χ2v) is 5.95. The molecule has 4 heteroatoms. The van der Waals surface area contributed by atoms with Gasteiger partial charge in [-0.05, 0) is 36.1 Å². The first kappa shape index (κ1) is 16.5. The molecule has 1 aromatic rings. The van der Waals surface area contributed by atoms with E-state index in [2.05, 4.69) is 37.4 Å². The zero-order chi connectivity index (χ0) is 14.1. The van der Waals surface area contributed by atoms with E-state index in [0.717, 1.165) is 25.4 Å². The molecule has 0 aliphatic carbocycles. The summed E-state index contributed by atoms with van der Waals surface area (Å²) >= 11 is 1.81. The first-order valence-corrected chi connectivity index (χ1v) is 7.68. The van der Waals surface area contributed by atoms with Gasteiger partial charge in [-0.2, -0.15) is 0 Å². The molecule has 0 aliphatic rings. The van der Waals surface area contributed by atoms with Gasteiger partial charge in [-0.1, -0.05) is 13.0 Å². The molecule has 0 radical (unpaired) electrons. The highest BCUT2D eigenvalue weighted by Gasteiger charge is 2.04. The van der Waals surface area contributed by atoms with Crippen molar-refractivity contribution in [2.24, 2.45) is 5.92 Å². The standard InChI is InChI=1S/C15H25NO2S/c1-12(10-17)11-19-15-5-4-14(13(2)8-15)9-16-6-7-18-3/h4-5,8,12,16-17H,6-7,9-11H2,1-3H3. The second-order valence-electron chi connectivity index (χ2n) is 4.86. The molecule has 0 aromatic heterocycles. The summed E-state index contributed by atoms with van der Waals surface area (Å²) in [6, 6.07) is 6.57. The summed E-state index contributed by atoms with van der Waals surface area (Å²) in [6.07, 6.45) is 0. The molecule has 0 aliphatic heterocycles. The quantitative estimate of drug-likeness (QED) is 0.539. The number of ether oxygens (including phenoxy) is 1. The fourth-order valence-electron chi connectivity index (χ4n) is 1.64. The van der Waals surface area contributed by atoms with Crippen LogP contribution in [0.5, 0.6) is 0 Å². The Kier molecular flexibility index (Phi) is 8.14. The predicted octanol–water partition coefficient (Wildman–Crippen LogP) is 2.45. The Balaban J connectivity index is 2.45. The zero-order valence-corrected chi connectivity index (χ0v) is 12.9. The van der Waals surface area contributed by atoms with Crippen LogP contribution in [0.15, 0.2) is 23.1 Å². The molecule has 0 spiro atoms. The molecule has 0 heterocycles. The first-order valence-electron chi connectivity index (χ1n) is 6.70. The maximum Gasteiger partial charge on any atom is 0.0587 e. The van der Waals surface area contributed by atoms with Gasteiger partial charge in [0, 0.05) is 37.5 Å². The number of hydrogen-bond donors (Lipinski definition) is 2. The molecule has 1 atom stereocenters. The highest BCUT2D eigenvalue weighted by Crippen LogP contribution is 2.23. The number of rotatable bonds is 9. The minimum Gasteiger partial charge on any atom is -0.396 e. The molecule has 19 heavy (non-hydrogen) atoms. The summed E-state index contributed by atoms with van der Waals surface area (Å²) in [5, 5.41) is 12.4. The van der Waals surface area contributed by atoms with E-state index in [1.807, 2.05) is 11.8 Å². The van der Waals surface area contributed by atoms with E-state index in [-0.39, 0.29) is 6.61 Å². The molecule has 2 N–H and O–H groups in total. The van der Waals surface area contributed by atoms with E-state index in [9.17, 15) is 0 Å². The summed E-state index contributed by atoms with van der Waals surface area (Å²) in [5.41, 5.74) is 2.64. The molecular weight excluding hydrogens is 258 g/mol. The number of thioether (sulfide) groups is 1. The third-order valence-electron chi connectivity index (χ3n) is 2.96. The Labute approximate surface area is 120 Å². The van der Waals surface area contributed by atoms with E-state index in [1.54, 1.807) is 7.11 Å². The van der Waals surface area contributed by atoms with Crippen molar-refractivity contribution in [3.05, 3.63) is 29.3 Å². The van der Waals surface area contributed by atoms with Crippen molar-refractivity contribution in [3.8, 4) is 0 Å². The predicted molar refractivity (Wildman–Crippen MR) is 81.7 cm³/mol. The van der Waals surface area contributed by atoms with Crippen molar-refractivity contribution in [1.29, 1.82) is 0 Å². The summed E-state index contributed by atoms with van der Waals surface area (Å²) in [5.74, 6) is 1.31. The third kappa shape index (κ3) is 6.43. The summed E-state index contributed by atoms with van der Waals surface area (Å²) in [6.45, 7) is 6.97. The van der Waals surface area contributed by atoms with Crippen molar-refractivity contribution in [2.75, 3.05) is 32.6 Å². The van der Waals surface area contributed by atoms with E-state index in [4.69, 9.17) is 9.84 Å². The van der Waals surface area contributed by atoms with Gasteiger partial charge in [0.1, 0.15) is 0 Å². The van der Waals surface area contributed by atoms with Gasteiger partial charge in [0.2, 0.25) is 0 Å². The number of nitrogens with one attached hydrogen (secondary N) is 1. The topological polar surface area (TPSA) is 41.5 Å². The summed E-state index contributed by atoms with van der Waals surface area (Å²) in [4.78, 5) is 1.28. The Morgan fingerprint density at radius 2 is 2.21 bits per heavy atom. The Hall–Kier alpha value is -0.550. The van der Waals surface area contributed by atoms with Gasteiger partial charge in [-0.3, -0.25) is 0 Å². The number of benzene rings is 1. The van der Waals surface area contributed by atoms with Crippen LogP contribution in [0.3, 0.4) is 0 Å². The minimum absolute atomic E-state index is 0.257. The Morgan fingerprint density at radius 1 is 1.42 bits per heavy atom. The van der Waals surface area contributed by atoms with Crippen LogP contribution in [0.2, 0.25) is 0 Å². The van der Waals surface area contributed by atoms with Crippen LogP contribution in [-0.2, 0) is 11.3 Å². The molecule has 0 amide bonds. The molecule has 0 bridgehead atoms. The number of methoxy groups -OCH3 is 1. The molecule has 108 valence electrons. The molecular formula is C15H25NO2S. The average Bonchev–Trinajstić information content (AvgIpc) is 2.42. The van der Waals surface area contributed by atoms with Crippen molar-refractivity contribution in [3.63, 3.8) is 0 Å². The van der Waals surface area contributed by atoms with Crippen LogP contribution in [0.25, 0.3) is 0 Å². The van der Waals surface area contributed by atoms with Crippen LogP contribution >= 0.6 is 11.8 Å². The lowest BCUT2D eigenvalue weighted by Gasteiger charge is -2.11. The van der Waals surface area contributed by atoms with Gasteiger partial charge < -0.3 is 15.2 Å². The third-order valence-corrected chi connectivity index (χ3v) is 4.28. The van der Waals surface area contributed by atoms with Crippen molar-refractivity contribution >= 4 is 11.8 Å². The van der Waals surface area contributed by atoms with E-state index < -0.39 is 0 Å². The Bertz CT molecular complexity index is 371. The fraction of sp³-hybridized carbons (Fsp3) is 0.600. The molecule has 0 fully saturated rings. The number of aryl methyl sites for hydroxylation is 1. The van der Waals surface area contributed by atoms with Crippen LogP contribution in [0.4, 0.5) is 0 Å². The summed E-state index contributed by atoms with van der Waals surface area (Å²) < 4.78 is 5.01. The molecule has 0 saturated heterocycles. The van der Waals surface area contributed by atoms with Crippen LogP contribution < -0.4 is 5.32 Å². The smallest absolute Gasteiger partial charge is 0.0587 e. The molecule has 1 aromatic carbocycles. The highest BCUT2D eigenvalue weighted by atomic mass is 32.2. The van der Waals surface area contributed by atoms with E-state index >= 15 is 0 Å². The lowest BCUT2D eigenvalue weighted by atomic mass is 10.1. The van der Waals surface area contributed by atoms with Gasteiger partial charge in [-0.25, -0.2) is 0 Å². The second kappa shape index (κ2) is 9.37. The van der Waals surface area contributed by atoms with Crippen molar-refractivity contribution < 1.29 is 9.84 Å². The van der Waals surface area contributed by atoms with Gasteiger partial charge in [-0.15, -0.1) is 11.8 Å². The minimum atomic E-state index is 0.257. The van der Waals surface area contributed by atoms with E-state index in [0.29, 0.717) is 5.92 Å². The Morgan fingerprint density at radius 3 is 2.84 bits per heavy atom. The molecule has 1 rings (SSSR count). The van der Waals surface area contributed by atoms with Gasteiger partial charge in [0.15, 0.2) is 0 Å². The highest BCUT2D eigenvalue weighted by molar-refractivity contribution is 7.99. The summed E-state index contributed by atoms with van der Waals surface area (Å²) in [7, 11) is 1.71. The largest absolute Gasteiger partial charge is 0.396 e. The maximum absolute atomic E-state index is 9.02. The number of hydrogen-bond acceptors (Lipinski definition) is 4. The molecule has 1 unspecified atom stereocenters. The lowest BCUT2D eigenvalue weighted by molar-refractivity contribution is 0.199. The fourth-order valence-corrected chi connectivity index (χ4v) is 2.65. The van der Waals surface area contributed by atoms with Crippen LogP contribution in [-0.4, -0.2) is 37.7 Å². The van der Waals surface area contributed by atoms with Crippen LogP contribution in [0.1, 0.15) is 18.1 Å². The normalized spacial score (nSPS) is 12.6. The van der Waals surface area contributed by atoms with Crippen LogP contribution in [0, 0.1) is 12.8 Å². The SMILES string of the molecule is COCCNCc1ccc(SCC(C)CO)cc1C. The number of aliphatic hydroxyl groups excluding tert-OH is 1. The van der Waals surface area contributed by atoms with Gasteiger partial charge >= 0.3 is 0 Å². The van der Waals surface area contributed by atoms with E-state index in [1.165, 1.54) is 16.0 Å². The number of aliphatic hydroxyl groups is 1. The van der Waals surface area contributed by atoms with Gasteiger partial charge in [0.05, 0.1) is 6.61 Å². The van der Waals surface area contributed by atoms with Gasteiger partial charge in [0.25, 0.3) is 0 Å². The lowest BCUT2D eigenvalue weighted by Crippen LogP contribution is -2.19.